The van der Waals surface area contributed by atoms with Gasteiger partial charge in [-0.15, -0.1) is 11.6 Å². The first-order chi connectivity index (χ1) is 6.31. The van der Waals surface area contributed by atoms with Crippen LogP contribution in [0.2, 0.25) is 0 Å². The molecule has 0 N–H and O–H groups in total. The molecule has 0 fully saturated rings. The molecule has 13 heavy (non-hydrogen) atoms. The molecule has 1 aliphatic heterocycles. The summed E-state index contributed by atoms with van der Waals surface area (Å²) in [7, 11) is 0. The lowest BCUT2D eigenvalue weighted by molar-refractivity contribution is 0.164. The zero-order valence-electron chi connectivity index (χ0n) is 6.85. The molecule has 0 atom stereocenters. The fraction of sp³-hybridized carbons (Fsp3) is 0.333. The van der Waals surface area contributed by atoms with Crippen molar-refractivity contribution in [3.05, 3.63) is 23.5 Å². The Morgan fingerprint density at radius 2 is 2.08 bits per heavy atom. The standard InChI is InChI=1S/C9H8ClFO2/c10-5-6-3-7(11)9-8(4-6)12-1-2-13-9/h3-4H,1-2,5H2. The summed E-state index contributed by atoms with van der Waals surface area (Å²) in [5.74, 6) is 0.503. The van der Waals surface area contributed by atoms with E-state index in [0.717, 1.165) is 0 Å². The number of benzene rings is 1. The third-order valence-electron chi connectivity index (χ3n) is 1.81. The lowest BCUT2D eigenvalue weighted by atomic mass is 10.2. The molecule has 1 aromatic rings. The van der Waals surface area contributed by atoms with Crippen LogP contribution in [0.1, 0.15) is 5.56 Å². The van der Waals surface area contributed by atoms with Crippen LogP contribution in [0.4, 0.5) is 4.39 Å². The van der Waals surface area contributed by atoms with Crippen molar-refractivity contribution in [2.24, 2.45) is 0 Å². The number of fused-ring (bicyclic) bond motifs is 1. The third kappa shape index (κ3) is 1.56. The van der Waals surface area contributed by atoms with Crippen LogP contribution in [-0.2, 0) is 5.88 Å². The van der Waals surface area contributed by atoms with E-state index in [9.17, 15) is 4.39 Å². The van der Waals surface area contributed by atoms with Gasteiger partial charge in [-0.1, -0.05) is 0 Å². The maximum absolute atomic E-state index is 13.3. The second-order valence-electron chi connectivity index (χ2n) is 2.74. The normalized spacial score (nSPS) is 14.3. The van der Waals surface area contributed by atoms with Gasteiger partial charge in [-0.05, 0) is 17.7 Å². The molecule has 0 amide bonds. The summed E-state index contributed by atoms with van der Waals surface area (Å²) in [6, 6.07) is 3.06. The molecule has 0 radical (unpaired) electrons. The Balaban J connectivity index is 2.47. The van der Waals surface area contributed by atoms with Crippen molar-refractivity contribution in [1.82, 2.24) is 0 Å². The fourth-order valence-electron chi connectivity index (χ4n) is 1.24. The fourth-order valence-corrected chi connectivity index (χ4v) is 1.40. The van der Waals surface area contributed by atoms with Crippen LogP contribution in [0.3, 0.4) is 0 Å². The molecule has 4 heteroatoms. The monoisotopic (exact) mass is 202 g/mol. The maximum atomic E-state index is 13.3. The predicted octanol–water partition coefficient (Wildman–Crippen LogP) is 2.34. The molecule has 1 aliphatic rings. The predicted molar refractivity (Wildman–Crippen MR) is 46.9 cm³/mol. The minimum absolute atomic E-state index is 0.195. The van der Waals surface area contributed by atoms with Crippen LogP contribution in [-0.4, -0.2) is 13.2 Å². The van der Waals surface area contributed by atoms with Gasteiger partial charge in [0.05, 0.1) is 0 Å². The number of halogens is 2. The minimum Gasteiger partial charge on any atom is -0.486 e. The quantitative estimate of drug-likeness (QED) is 0.651. The van der Waals surface area contributed by atoms with E-state index < -0.39 is 5.82 Å². The summed E-state index contributed by atoms with van der Waals surface area (Å²) in [6.45, 7) is 0.850. The number of ether oxygens (including phenoxy) is 2. The molecule has 70 valence electrons. The Morgan fingerprint density at radius 1 is 1.31 bits per heavy atom. The van der Waals surface area contributed by atoms with Gasteiger partial charge in [0.15, 0.2) is 17.3 Å². The molecule has 0 saturated carbocycles. The summed E-state index contributed by atoms with van der Waals surface area (Å²) in [5, 5.41) is 0. The average Bonchev–Trinajstić information content (AvgIpc) is 2.18. The Morgan fingerprint density at radius 3 is 2.85 bits per heavy atom. The van der Waals surface area contributed by atoms with Gasteiger partial charge in [0.2, 0.25) is 0 Å². The van der Waals surface area contributed by atoms with Crippen molar-refractivity contribution in [2.75, 3.05) is 13.2 Å². The highest BCUT2D eigenvalue weighted by Crippen LogP contribution is 2.34. The molecule has 0 aromatic heterocycles. The zero-order chi connectivity index (χ0) is 9.26. The molecule has 0 unspecified atom stereocenters. The van der Waals surface area contributed by atoms with Crippen molar-refractivity contribution in [1.29, 1.82) is 0 Å². The average molecular weight is 203 g/mol. The lowest BCUT2D eigenvalue weighted by Gasteiger charge is -2.19. The Bertz CT molecular complexity index is 328. The molecule has 1 heterocycles. The number of hydrogen-bond donors (Lipinski definition) is 0. The van der Waals surface area contributed by atoms with Gasteiger partial charge in [0, 0.05) is 5.88 Å². The van der Waals surface area contributed by atoms with Crippen LogP contribution in [0.5, 0.6) is 11.5 Å². The van der Waals surface area contributed by atoms with Crippen molar-refractivity contribution < 1.29 is 13.9 Å². The number of hydrogen-bond acceptors (Lipinski definition) is 2. The summed E-state index contributed by atoms with van der Waals surface area (Å²) in [4.78, 5) is 0. The number of alkyl halides is 1. The van der Waals surface area contributed by atoms with E-state index in [1.807, 2.05) is 0 Å². The smallest absolute Gasteiger partial charge is 0.197 e. The highest BCUT2D eigenvalue weighted by molar-refractivity contribution is 6.17. The lowest BCUT2D eigenvalue weighted by Crippen LogP contribution is -2.16. The first kappa shape index (κ1) is 8.63. The molecule has 0 aliphatic carbocycles. The summed E-state index contributed by atoms with van der Waals surface area (Å²) in [6.07, 6.45) is 0. The summed E-state index contributed by atoms with van der Waals surface area (Å²) in [5.41, 5.74) is 0.698. The van der Waals surface area contributed by atoms with Crippen molar-refractivity contribution in [2.45, 2.75) is 5.88 Å². The molecular weight excluding hydrogens is 195 g/mol. The van der Waals surface area contributed by atoms with E-state index in [4.69, 9.17) is 21.1 Å². The van der Waals surface area contributed by atoms with Gasteiger partial charge < -0.3 is 9.47 Å². The molecule has 0 bridgehead atoms. The zero-order valence-corrected chi connectivity index (χ0v) is 7.60. The van der Waals surface area contributed by atoms with Crippen LogP contribution in [0, 0.1) is 5.82 Å². The van der Waals surface area contributed by atoms with Crippen molar-refractivity contribution in [3.63, 3.8) is 0 Å². The van der Waals surface area contributed by atoms with Gasteiger partial charge in [-0.2, -0.15) is 0 Å². The van der Waals surface area contributed by atoms with Crippen LogP contribution >= 0.6 is 11.6 Å². The molecule has 2 nitrogen and oxygen atoms in total. The first-order valence-corrected chi connectivity index (χ1v) is 4.48. The van der Waals surface area contributed by atoms with Gasteiger partial charge in [-0.25, -0.2) is 4.39 Å². The molecule has 2 rings (SSSR count). The summed E-state index contributed by atoms with van der Waals surface area (Å²) >= 11 is 5.58. The highest BCUT2D eigenvalue weighted by atomic mass is 35.5. The summed E-state index contributed by atoms with van der Waals surface area (Å²) < 4.78 is 23.6. The van der Waals surface area contributed by atoms with Gasteiger partial charge in [0.1, 0.15) is 13.2 Å². The van der Waals surface area contributed by atoms with Crippen LogP contribution in [0.15, 0.2) is 12.1 Å². The second-order valence-corrected chi connectivity index (χ2v) is 3.00. The molecule has 0 spiro atoms. The minimum atomic E-state index is -0.409. The van der Waals surface area contributed by atoms with Crippen LogP contribution < -0.4 is 9.47 Å². The van der Waals surface area contributed by atoms with Gasteiger partial charge in [-0.3, -0.25) is 0 Å². The molecule has 1 aromatic carbocycles. The Hall–Kier alpha value is -0.960. The van der Waals surface area contributed by atoms with E-state index in [2.05, 4.69) is 0 Å². The Labute approximate surface area is 80.2 Å². The van der Waals surface area contributed by atoms with Crippen LogP contribution in [0.25, 0.3) is 0 Å². The van der Waals surface area contributed by atoms with Gasteiger partial charge >= 0.3 is 0 Å². The second kappa shape index (κ2) is 3.42. The van der Waals surface area contributed by atoms with E-state index in [1.165, 1.54) is 6.07 Å². The van der Waals surface area contributed by atoms with E-state index in [1.54, 1.807) is 6.07 Å². The topological polar surface area (TPSA) is 18.5 Å². The Kier molecular flexibility index (Phi) is 2.27. The number of rotatable bonds is 1. The SMILES string of the molecule is Fc1cc(CCl)cc2c1OCCO2. The third-order valence-corrected chi connectivity index (χ3v) is 2.12. The maximum Gasteiger partial charge on any atom is 0.197 e. The molecular formula is C9H8ClFO2. The van der Waals surface area contributed by atoms with Gasteiger partial charge in [0.25, 0.3) is 0 Å². The van der Waals surface area contributed by atoms with E-state index in [-0.39, 0.29) is 11.6 Å². The van der Waals surface area contributed by atoms with Crippen molar-refractivity contribution in [3.8, 4) is 11.5 Å². The largest absolute Gasteiger partial charge is 0.486 e. The first-order valence-electron chi connectivity index (χ1n) is 3.95. The molecule has 0 saturated heterocycles. The highest BCUT2D eigenvalue weighted by Gasteiger charge is 2.17. The van der Waals surface area contributed by atoms with Crippen molar-refractivity contribution >= 4 is 11.6 Å². The van der Waals surface area contributed by atoms with E-state index in [0.29, 0.717) is 24.5 Å². The van der Waals surface area contributed by atoms with E-state index >= 15 is 0 Å².